The van der Waals surface area contributed by atoms with E-state index in [9.17, 15) is 14.4 Å². The molecule has 2 unspecified atom stereocenters. The van der Waals surface area contributed by atoms with Gasteiger partial charge >= 0.3 is 0 Å². The fourth-order valence-corrected chi connectivity index (χ4v) is 4.68. The number of nitrogens with one attached hydrogen (secondary N) is 1. The minimum absolute atomic E-state index is 0.262. The van der Waals surface area contributed by atoms with Crippen molar-refractivity contribution < 1.29 is 14.3 Å². The molecule has 0 spiro atoms. The molecule has 3 heterocycles. The molecule has 1 N–H and O–H groups in total. The Kier molecular flexibility index (Phi) is 4.86. The number of benzene rings is 2. The van der Waals surface area contributed by atoms with Crippen LogP contribution in [0.3, 0.4) is 0 Å². The van der Waals surface area contributed by atoms with Crippen molar-refractivity contribution >= 4 is 38.9 Å². The number of amides is 1. The molecule has 8 heteroatoms. The third-order valence-corrected chi connectivity index (χ3v) is 6.62. The normalized spacial score (nSPS) is 16.2. The molecule has 160 valence electrons. The van der Waals surface area contributed by atoms with Crippen LogP contribution in [-0.4, -0.2) is 27.3 Å². The monoisotopic (exact) mass is 445 g/mol. The Balaban J connectivity index is 1.48. The molecule has 0 saturated heterocycles. The first-order valence-electron chi connectivity index (χ1n) is 10.1. The van der Waals surface area contributed by atoms with Gasteiger partial charge in [0, 0.05) is 10.4 Å². The van der Waals surface area contributed by atoms with E-state index < -0.39 is 12.1 Å². The lowest BCUT2D eigenvalue weighted by Gasteiger charge is -2.24. The van der Waals surface area contributed by atoms with Gasteiger partial charge in [0.2, 0.25) is 0 Å². The average molecular weight is 446 g/mol. The van der Waals surface area contributed by atoms with Gasteiger partial charge in [-0.05, 0) is 43.7 Å². The zero-order chi connectivity index (χ0) is 22.4. The molecule has 2 aromatic carbocycles. The Morgan fingerprint density at radius 3 is 2.72 bits per heavy atom. The average Bonchev–Trinajstić information content (AvgIpc) is 3.25. The topological polar surface area (TPSA) is 90.3 Å². The number of carbonyl (C=O) groups excluding carboxylic acids is 2. The first-order valence-corrected chi connectivity index (χ1v) is 11.0. The van der Waals surface area contributed by atoms with Crippen molar-refractivity contribution in [1.82, 2.24) is 9.55 Å². The molecule has 1 aliphatic rings. The van der Waals surface area contributed by atoms with Crippen molar-refractivity contribution in [3.8, 4) is 16.2 Å². The Morgan fingerprint density at radius 1 is 1.16 bits per heavy atom. The van der Waals surface area contributed by atoms with Gasteiger partial charge in [-0.15, -0.1) is 11.3 Å². The summed E-state index contributed by atoms with van der Waals surface area (Å²) in [6.07, 6.45) is 0.828. The number of ketones is 1. The zero-order valence-electron chi connectivity index (χ0n) is 17.4. The summed E-state index contributed by atoms with van der Waals surface area (Å²) in [6.45, 7) is 3.32. The maximum absolute atomic E-state index is 13.2. The van der Waals surface area contributed by atoms with Crippen LogP contribution >= 0.6 is 11.3 Å². The van der Waals surface area contributed by atoms with Crippen LogP contribution in [0.5, 0.6) is 5.75 Å². The molecule has 0 aliphatic carbocycles. The highest BCUT2D eigenvalue weighted by molar-refractivity contribution is 7.21. The van der Waals surface area contributed by atoms with Crippen LogP contribution in [0.1, 0.15) is 30.2 Å². The van der Waals surface area contributed by atoms with Gasteiger partial charge in [-0.3, -0.25) is 19.0 Å². The maximum atomic E-state index is 13.2. The molecule has 2 atom stereocenters. The second-order valence-corrected chi connectivity index (χ2v) is 8.68. The summed E-state index contributed by atoms with van der Waals surface area (Å²) in [5.74, 6) is -0.0246. The van der Waals surface area contributed by atoms with Gasteiger partial charge in [-0.1, -0.05) is 30.3 Å². The zero-order valence-corrected chi connectivity index (χ0v) is 18.2. The second-order valence-electron chi connectivity index (χ2n) is 7.65. The van der Waals surface area contributed by atoms with Gasteiger partial charge in [-0.25, -0.2) is 4.98 Å². The van der Waals surface area contributed by atoms with Crippen LogP contribution < -0.4 is 15.6 Å². The molecule has 0 bridgehead atoms. The van der Waals surface area contributed by atoms with E-state index in [-0.39, 0.29) is 17.2 Å². The van der Waals surface area contributed by atoms with E-state index in [1.165, 1.54) is 22.2 Å². The molecule has 0 saturated carbocycles. The Hall–Kier alpha value is -3.78. The van der Waals surface area contributed by atoms with E-state index >= 15 is 0 Å². The molecule has 1 aliphatic heterocycles. The standard InChI is InChI=1S/C24H19N3O4S/c1-13(21(28)16-8-9-19-18(10-16)26-22(29)14(2)31-19)27-12-25-23-17(24(27)30)11-20(32-23)15-6-4-3-5-7-15/h3-14H,1-2H3,(H,26,29). The quantitative estimate of drug-likeness (QED) is 0.473. The fourth-order valence-electron chi connectivity index (χ4n) is 3.69. The number of ether oxygens (including phenoxy) is 1. The lowest BCUT2D eigenvalue weighted by Crippen LogP contribution is -2.34. The fraction of sp³-hybridized carbons (Fsp3) is 0.167. The highest BCUT2D eigenvalue weighted by atomic mass is 32.1. The number of nitrogens with zero attached hydrogens (tertiary/aromatic N) is 2. The minimum atomic E-state index is -0.767. The molecule has 4 aromatic rings. The van der Waals surface area contributed by atoms with Crippen molar-refractivity contribution in [3.05, 3.63) is 76.8 Å². The molecule has 0 radical (unpaired) electrons. The molecule has 5 rings (SSSR count). The van der Waals surface area contributed by atoms with E-state index in [0.29, 0.717) is 27.2 Å². The molecule has 1 amide bonds. The number of hydrogen-bond acceptors (Lipinski definition) is 6. The molecule has 0 fully saturated rings. The van der Waals surface area contributed by atoms with Crippen LogP contribution in [0.2, 0.25) is 0 Å². The van der Waals surface area contributed by atoms with Crippen LogP contribution in [-0.2, 0) is 4.79 Å². The summed E-state index contributed by atoms with van der Waals surface area (Å²) in [6, 6.07) is 15.7. The van der Waals surface area contributed by atoms with Crippen molar-refractivity contribution in [1.29, 1.82) is 0 Å². The lowest BCUT2D eigenvalue weighted by atomic mass is 10.0. The van der Waals surface area contributed by atoms with E-state index in [2.05, 4.69) is 10.3 Å². The van der Waals surface area contributed by atoms with E-state index in [4.69, 9.17) is 4.74 Å². The largest absolute Gasteiger partial charge is 0.479 e. The molecule has 2 aromatic heterocycles. The predicted molar refractivity (Wildman–Crippen MR) is 124 cm³/mol. The minimum Gasteiger partial charge on any atom is -0.479 e. The summed E-state index contributed by atoms with van der Waals surface area (Å²) in [4.78, 5) is 44.2. The smallest absolute Gasteiger partial charge is 0.265 e. The van der Waals surface area contributed by atoms with Crippen molar-refractivity contribution in [3.63, 3.8) is 0 Å². The van der Waals surface area contributed by atoms with Gasteiger partial charge in [-0.2, -0.15) is 0 Å². The number of hydrogen-bond donors (Lipinski definition) is 1. The summed E-state index contributed by atoms with van der Waals surface area (Å²) in [5, 5.41) is 3.22. The van der Waals surface area contributed by atoms with Gasteiger partial charge in [0.05, 0.1) is 23.4 Å². The Bertz CT molecular complexity index is 1420. The third kappa shape index (κ3) is 3.38. The summed E-state index contributed by atoms with van der Waals surface area (Å²) in [7, 11) is 0. The number of anilines is 1. The number of carbonyl (C=O) groups is 2. The van der Waals surface area contributed by atoms with Crippen LogP contribution in [0.4, 0.5) is 5.69 Å². The SMILES string of the molecule is CC1Oc2ccc(C(=O)C(C)n3cnc4sc(-c5ccccc5)cc4c3=O)cc2NC1=O. The van der Waals surface area contributed by atoms with Gasteiger partial charge in [0.1, 0.15) is 10.6 Å². The molecule has 32 heavy (non-hydrogen) atoms. The number of aromatic nitrogens is 2. The molecular formula is C24H19N3O4S. The number of thiophene rings is 1. The Morgan fingerprint density at radius 2 is 1.94 bits per heavy atom. The Labute approximate surface area is 187 Å². The third-order valence-electron chi connectivity index (χ3n) is 5.53. The maximum Gasteiger partial charge on any atom is 0.265 e. The summed E-state index contributed by atoms with van der Waals surface area (Å²) < 4.78 is 6.89. The lowest BCUT2D eigenvalue weighted by molar-refractivity contribution is -0.122. The molecule has 7 nitrogen and oxygen atoms in total. The highest BCUT2D eigenvalue weighted by Gasteiger charge is 2.26. The second kappa shape index (κ2) is 7.72. The van der Waals surface area contributed by atoms with Crippen molar-refractivity contribution in [2.45, 2.75) is 26.0 Å². The van der Waals surface area contributed by atoms with Crippen molar-refractivity contribution in [2.75, 3.05) is 5.32 Å². The molecular weight excluding hydrogens is 426 g/mol. The van der Waals surface area contributed by atoms with Crippen LogP contribution in [0.25, 0.3) is 20.7 Å². The first-order chi connectivity index (χ1) is 15.4. The summed E-state index contributed by atoms with van der Waals surface area (Å²) in [5.41, 5.74) is 1.56. The number of rotatable bonds is 4. The van der Waals surface area contributed by atoms with Crippen LogP contribution in [0, 0.1) is 0 Å². The number of fused-ring (bicyclic) bond motifs is 2. The van der Waals surface area contributed by atoms with E-state index in [0.717, 1.165) is 10.4 Å². The first kappa shape index (κ1) is 20.1. The van der Waals surface area contributed by atoms with Gasteiger partial charge in [0.15, 0.2) is 11.9 Å². The predicted octanol–water partition coefficient (Wildman–Crippen LogP) is 4.29. The highest BCUT2D eigenvalue weighted by Crippen LogP contribution is 2.32. The van der Waals surface area contributed by atoms with E-state index in [1.54, 1.807) is 32.0 Å². The van der Waals surface area contributed by atoms with Crippen molar-refractivity contribution in [2.24, 2.45) is 0 Å². The van der Waals surface area contributed by atoms with E-state index in [1.807, 2.05) is 36.4 Å². The van der Waals surface area contributed by atoms with Gasteiger partial charge in [0.25, 0.3) is 11.5 Å². The van der Waals surface area contributed by atoms with Crippen LogP contribution in [0.15, 0.2) is 65.7 Å². The summed E-state index contributed by atoms with van der Waals surface area (Å²) >= 11 is 1.44. The van der Waals surface area contributed by atoms with Gasteiger partial charge < -0.3 is 10.1 Å². The number of Topliss-reactive ketones (excluding diaryl/α,β-unsaturated/α-hetero) is 1.